The molecule has 0 aliphatic heterocycles. The van der Waals surface area contributed by atoms with Crippen molar-refractivity contribution < 1.29 is 19.1 Å². The van der Waals surface area contributed by atoms with Gasteiger partial charge in [0, 0.05) is 25.2 Å². The molecule has 1 N–H and O–H groups in total. The number of benzene rings is 1. The predicted molar refractivity (Wildman–Crippen MR) is 103 cm³/mol. The predicted octanol–water partition coefficient (Wildman–Crippen LogP) is 3.43. The van der Waals surface area contributed by atoms with Crippen molar-refractivity contribution in [3.8, 4) is 5.75 Å². The van der Waals surface area contributed by atoms with Crippen LogP contribution in [0.5, 0.6) is 5.75 Å². The third kappa shape index (κ3) is 6.70. The highest BCUT2D eigenvalue weighted by molar-refractivity contribution is 5.99. The van der Waals surface area contributed by atoms with E-state index < -0.39 is 0 Å². The zero-order valence-corrected chi connectivity index (χ0v) is 16.1. The van der Waals surface area contributed by atoms with E-state index in [0.717, 1.165) is 12.0 Å². The van der Waals surface area contributed by atoms with Crippen LogP contribution >= 0.6 is 0 Å². The summed E-state index contributed by atoms with van der Waals surface area (Å²) in [5, 5.41) is 2.75. The number of carbonyl (C=O) groups excluding carboxylic acids is 3. The number of ether oxygens (including phenoxy) is 1. The van der Waals surface area contributed by atoms with Gasteiger partial charge in [-0.05, 0) is 45.4 Å². The van der Waals surface area contributed by atoms with Crippen LogP contribution in [-0.4, -0.2) is 42.2 Å². The quantitative estimate of drug-likeness (QED) is 0.512. The molecule has 1 aromatic rings. The highest BCUT2D eigenvalue weighted by Crippen LogP contribution is 2.24. The summed E-state index contributed by atoms with van der Waals surface area (Å²) < 4.78 is 5.58. The summed E-state index contributed by atoms with van der Waals surface area (Å²) >= 11 is 0. The normalized spacial score (nSPS) is 10.2. The van der Waals surface area contributed by atoms with E-state index in [1.807, 2.05) is 20.8 Å². The first kappa shape index (κ1) is 21.4. The van der Waals surface area contributed by atoms with Crippen LogP contribution in [0.2, 0.25) is 0 Å². The zero-order chi connectivity index (χ0) is 19.7. The Hall–Kier alpha value is -2.63. The van der Waals surface area contributed by atoms with Crippen molar-refractivity contribution in [2.75, 3.05) is 25.0 Å². The zero-order valence-electron chi connectivity index (χ0n) is 16.1. The van der Waals surface area contributed by atoms with Gasteiger partial charge in [0.15, 0.2) is 12.4 Å². The number of Topliss-reactive ketones (excluding diaryl/α,β-unsaturated/α-hetero) is 1. The number of ketones is 1. The molecule has 0 bridgehead atoms. The highest BCUT2D eigenvalue weighted by atomic mass is 16.5. The summed E-state index contributed by atoms with van der Waals surface area (Å²) in [4.78, 5) is 37.5. The Morgan fingerprint density at radius 1 is 1.19 bits per heavy atom. The van der Waals surface area contributed by atoms with Crippen molar-refractivity contribution in [3.05, 3.63) is 35.9 Å². The molecule has 2 amide bonds. The summed E-state index contributed by atoms with van der Waals surface area (Å²) in [5.74, 6) is -0.159. The third-order valence-electron chi connectivity index (χ3n) is 3.67. The number of amides is 2. The van der Waals surface area contributed by atoms with Gasteiger partial charge >= 0.3 is 0 Å². The fourth-order valence-electron chi connectivity index (χ4n) is 2.39. The maximum absolute atomic E-state index is 12.3. The van der Waals surface area contributed by atoms with E-state index in [1.54, 1.807) is 23.1 Å². The summed E-state index contributed by atoms with van der Waals surface area (Å²) in [5.41, 5.74) is 1.75. The van der Waals surface area contributed by atoms with E-state index in [-0.39, 0.29) is 24.2 Å². The maximum Gasteiger partial charge on any atom is 0.260 e. The molecule has 26 heavy (non-hydrogen) atoms. The minimum absolute atomic E-state index is 0.107. The standard InChI is InChI=1S/C20H28N2O4/c1-6-8-19(24)21-16-9-10-18(17(11-16)15(5)23)26-13-20(25)22(7-2)12-14(3)4/h9-11H,3,6-8,12-13H2,1-2,4-5H3,(H,21,24). The van der Waals surface area contributed by atoms with Crippen molar-refractivity contribution in [1.82, 2.24) is 4.90 Å². The fourth-order valence-corrected chi connectivity index (χ4v) is 2.39. The molecule has 0 saturated carbocycles. The van der Waals surface area contributed by atoms with Gasteiger partial charge in [-0.3, -0.25) is 14.4 Å². The molecule has 0 spiro atoms. The molecule has 0 aromatic heterocycles. The van der Waals surface area contributed by atoms with Crippen LogP contribution in [-0.2, 0) is 9.59 Å². The lowest BCUT2D eigenvalue weighted by atomic mass is 10.1. The number of hydrogen-bond acceptors (Lipinski definition) is 4. The average Bonchev–Trinajstić information content (AvgIpc) is 2.58. The van der Waals surface area contributed by atoms with E-state index in [4.69, 9.17) is 4.74 Å². The third-order valence-corrected chi connectivity index (χ3v) is 3.67. The van der Waals surface area contributed by atoms with Gasteiger partial charge in [-0.1, -0.05) is 19.1 Å². The molecule has 0 aliphatic rings. The van der Waals surface area contributed by atoms with E-state index in [9.17, 15) is 14.4 Å². The van der Waals surface area contributed by atoms with Gasteiger partial charge in [-0.15, -0.1) is 0 Å². The molecule has 0 radical (unpaired) electrons. The second-order valence-electron chi connectivity index (χ2n) is 6.22. The number of likely N-dealkylation sites (N-methyl/N-ethyl adjacent to an activating group) is 1. The van der Waals surface area contributed by atoms with Gasteiger partial charge in [-0.2, -0.15) is 0 Å². The first-order valence-corrected chi connectivity index (χ1v) is 8.78. The lowest BCUT2D eigenvalue weighted by molar-refractivity contribution is -0.132. The van der Waals surface area contributed by atoms with Crippen LogP contribution in [0.15, 0.2) is 30.4 Å². The first-order valence-electron chi connectivity index (χ1n) is 8.78. The Morgan fingerprint density at radius 2 is 1.88 bits per heavy atom. The van der Waals surface area contributed by atoms with Crippen molar-refractivity contribution in [2.24, 2.45) is 0 Å². The van der Waals surface area contributed by atoms with Crippen LogP contribution in [0.4, 0.5) is 5.69 Å². The van der Waals surface area contributed by atoms with Crippen LogP contribution in [0.1, 0.15) is 50.9 Å². The van der Waals surface area contributed by atoms with Gasteiger partial charge < -0.3 is 15.0 Å². The molecule has 6 heteroatoms. The number of anilines is 1. The molecule has 0 atom stereocenters. The molecule has 142 valence electrons. The molecule has 0 aliphatic carbocycles. The number of hydrogen-bond donors (Lipinski definition) is 1. The van der Waals surface area contributed by atoms with Crippen molar-refractivity contribution in [2.45, 2.75) is 40.5 Å². The summed E-state index contributed by atoms with van der Waals surface area (Å²) in [6, 6.07) is 4.83. The molecule has 1 aromatic carbocycles. The lowest BCUT2D eigenvalue weighted by Gasteiger charge is -2.21. The molecule has 0 unspecified atom stereocenters. The Morgan fingerprint density at radius 3 is 2.42 bits per heavy atom. The Kier molecular flexibility index (Phi) is 8.55. The number of rotatable bonds is 10. The maximum atomic E-state index is 12.3. The number of nitrogens with zero attached hydrogens (tertiary/aromatic N) is 1. The second-order valence-corrected chi connectivity index (χ2v) is 6.22. The highest BCUT2D eigenvalue weighted by Gasteiger charge is 2.16. The Bertz CT molecular complexity index is 682. The van der Waals surface area contributed by atoms with Crippen molar-refractivity contribution in [3.63, 3.8) is 0 Å². The minimum Gasteiger partial charge on any atom is -0.483 e. The van der Waals surface area contributed by atoms with Gasteiger partial charge in [0.2, 0.25) is 5.91 Å². The fraction of sp³-hybridized carbons (Fsp3) is 0.450. The number of nitrogens with one attached hydrogen (secondary N) is 1. The van der Waals surface area contributed by atoms with Crippen LogP contribution < -0.4 is 10.1 Å². The van der Waals surface area contributed by atoms with E-state index in [2.05, 4.69) is 11.9 Å². The van der Waals surface area contributed by atoms with Crippen molar-refractivity contribution in [1.29, 1.82) is 0 Å². The summed E-state index contributed by atoms with van der Waals surface area (Å²) in [6.45, 7) is 11.8. The molecule has 0 heterocycles. The lowest BCUT2D eigenvalue weighted by Crippen LogP contribution is -2.36. The average molecular weight is 360 g/mol. The van der Waals surface area contributed by atoms with Crippen LogP contribution in [0.3, 0.4) is 0 Å². The van der Waals surface area contributed by atoms with E-state index in [0.29, 0.717) is 36.5 Å². The van der Waals surface area contributed by atoms with Gasteiger partial charge in [0.25, 0.3) is 5.91 Å². The molecule has 0 fully saturated rings. The SMILES string of the molecule is C=C(C)CN(CC)C(=O)COc1ccc(NC(=O)CCC)cc1C(C)=O. The van der Waals surface area contributed by atoms with Crippen molar-refractivity contribution >= 4 is 23.3 Å². The molecular formula is C20H28N2O4. The van der Waals surface area contributed by atoms with Crippen LogP contribution in [0.25, 0.3) is 0 Å². The van der Waals surface area contributed by atoms with E-state index in [1.165, 1.54) is 6.92 Å². The molecular weight excluding hydrogens is 332 g/mol. The van der Waals surface area contributed by atoms with Gasteiger partial charge in [0.05, 0.1) is 5.56 Å². The van der Waals surface area contributed by atoms with Crippen LogP contribution in [0, 0.1) is 0 Å². The topological polar surface area (TPSA) is 75.7 Å². The van der Waals surface area contributed by atoms with E-state index >= 15 is 0 Å². The monoisotopic (exact) mass is 360 g/mol. The molecule has 0 saturated heterocycles. The Labute approximate surface area is 155 Å². The number of carbonyl (C=O) groups is 3. The second kappa shape index (κ2) is 10.4. The Balaban J connectivity index is 2.85. The summed E-state index contributed by atoms with van der Waals surface area (Å²) in [6.07, 6.45) is 1.16. The van der Waals surface area contributed by atoms with Gasteiger partial charge in [-0.25, -0.2) is 0 Å². The molecule has 6 nitrogen and oxygen atoms in total. The largest absolute Gasteiger partial charge is 0.483 e. The minimum atomic E-state index is -0.201. The first-order chi connectivity index (χ1) is 12.3. The summed E-state index contributed by atoms with van der Waals surface area (Å²) in [7, 11) is 0. The van der Waals surface area contributed by atoms with Gasteiger partial charge in [0.1, 0.15) is 5.75 Å². The molecule has 1 rings (SSSR count). The smallest absolute Gasteiger partial charge is 0.260 e.